The summed E-state index contributed by atoms with van der Waals surface area (Å²) in [5, 5.41) is 21.2. The average Bonchev–Trinajstić information content (AvgIpc) is 3.00. The first kappa shape index (κ1) is 30.4. The number of methoxy groups -OCH3 is 1. The molecule has 0 spiro atoms. The Balaban J connectivity index is 1.42. The Labute approximate surface area is 255 Å². The van der Waals surface area contributed by atoms with E-state index >= 15 is 0 Å². The number of hydrogen-bond acceptors (Lipinski definition) is 7. The van der Waals surface area contributed by atoms with E-state index in [1.54, 1.807) is 20.1 Å². The van der Waals surface area contributed by atoms with E-state index in [4.69, 9.17) is 21.3 Å². The molecule has 0 radical (unpaired) electrons. The van der Waals surface area contributed by atoms with Crippen molar-refractivity contribution in [3.8, 4) is 28.3 Å². The van der Waals surface area contributed by atoms with Crippen LogP contribution in [-0.2, 0) is 13.6 Å². The molecule has 0 saturated heterocycles. The zero-order valence-electron chi connectivity index (χ0n) is 24.8. The van der Waals surface area contributed by atoms with Crippen LogP contribution in [0.25, 0.3) is 22.4 Å². The first-order valence-electron chi connectivity index (χ1n) is 14.4. The number of amides is 1. The summed E-state index contributed by atoms with van der Waals surface area (Å²) in [7, 11) is 3.10. The molecule has 0 unspecified atom stereocenters. The van der Waals surface area contributed by atoms with Gasteiger partial charge >= 0.3 is 0 Å². The summed E-state index contributed by atoms with van der Waals surface area (Å²) < 4.78 is 6.78. The number of nitrogens with one attached hydrogen (secondary N) is 2. The third-order valence-electron chi connectivity index (χ3n) is 8.12. The van der Waals surface area contributed by atoms with Crippen molar-refractivity contribution in [2.45, 2.75) is 58.2 Å². The molecule has 2 aromatic carbocycles. The molecule has 2 atom stereocenters. The number of aromatic nitrogens is 3. The number of halogens is 1. The fourth-order valence-electron chi connectivity index (χ4n) is 5.60. The van der Waals surface area contributed by atoms with Crippen molar-refractivity contribution in [1.29, 1.82) is 0 Å². The van der Waals surface area contributed by atoms with E-state index in [1.807, 2.05) is 49.4 Å². The number of pyridine rings is 1. The molecule has 0 bridgehead atoms. The highest BCUT2D eigenvalue weighted by Crippen LogP contribution is 2.39. The van der Waals surface area contributed by atoms with Crippen LogP contribution in [0.2, 0.25) is 5.02 Å². The highest BCUT2D eigenvalue weighted by atomic mass is 35.5. The molecule has 1 aliphatic carbocycles. The quantitative estimate of drug-likeness (QED) is 0.246. The maximum atomic E-state index is 13.1. The zero-order chi connectivity index (χ0) is 30.7. The molecule has 10 heteroatoms. The van der Waals surface area contributed by atoms with E-state index in [1.165, 1.54) is 13.2 Å². The van der Waals surface area contributed by atoms with Crippen LogP contribution in [0.3, 0.4) is 0 Å². The molecule has 1 aliphatic rings. The predicted octanol–water partition coefficient (Wildman–Crippen LogP) is 5.43. The van der Waals surface area contributed by atoms with Gasteiger partial charge in [-0.2, -0.15) is 5.10 Å². The Kier molecular flexibility index (Phi) is 9.25. The average molecular weight is 602 g/mol. The summed E-state index contributed by atoms with van der Waals surface area (Å²) in [6.07, 6.45) is 5.10. The van der Waals surface area contributed by atoms with Gasteiger partial charge < -0.3 is 20.5 Å². The van der Waals surface area contributed by atoms with Gasteiger partial charge in [-0.05, 0) is 55.5 Å². The maximum Gasteiger partial charge on any atom is 0.279 e. The molecule has 1 fully saturated rings. The van der Waals surface area contributed by atoms with Crippen molar-refractivity contribution in [3.63, 3.8) is 0 Å². The highest BCUT2D eigenvalue weighted by molar-refractivity contribution is 6.36. The molecular weight excluding hydrogens is 566 g/mol. The first-order valence-corrected chi connectivity index (χ1v) is 14.8. The second-order valence-corrected chi connectivity index (χ2v) is 11.3. The molecular formula is C33H36ClN5O4. The van der Waals surface area contributed by atoms with Gasteiger partial charge in [0.1, 0.15) is 5.56 Å². The first-order chi connectivity index (χ1) is 20.7. The van der Waals surface area contributed by atoms with Crippen LogP contribution in [-0.4, -0.2) is 45.0 Å². The molecule has 2 aromatic heterocycles. The number of aliphatic hydroxyl groups excluding tert-OH is 1. The molecule has 5 rings (SSSR count). The molecule has 224 valence electrons. The molecule has 1 saturated carbocycles. The summed E-state index contributed by atoms with van der Waals surface area (Å²) >= 11 is 7.02. The lowest BCUT2D eigenvalue weighted by molar-refractivity contribution is 0.0901. The summed E-state index contributed by atoms with van der Waals surface area (Å²) in [6.45, 7) is 4.12. The number of benzene rings is 2. The van der Waals surface area contributed by atoms with E-state index in [-0.39, 0.29) is 17.7 Å². The lowest BCUT2D eigenvalue weighted by Gasteiger charge is -2.28. The smallest absolute Gasteiger partial charge is 0.279 e. The second-order valence-electron chi connectivity index (χ2n) is 10.9. The van der Waals surface area contributed by atoms with Crippen LogP contribution < -0.4 is 20.9 Å². The second kappa shape index (κ2) is 13.1. The molecule has 0 aliphatic heterocycles. The number of carbonyl (C=O) groups is 1. The number of ether oxygens (including phenoxy) is 1. The molecule has 3 N–H and O–H groups in total. The minimum Gasteiger partial charge on any atom is -0.481 e. The lowest BCUT2D eigenvalue weighted by Crippen LogP contribution is -2.41. The van der Waals surface area contributed by atoms with Crippen LogP contribution in [0.1, 0.15) is 52.7 Å². The van der Waals surface area contributed by atoms with Crippen LogP contribution in [0.15, 0.2) is 59.5 Å². The van der Waals surface area contributed by atoms with Gasteiger partial charge in [-0.15, -0.1) is 0 Å². The van der Waals surface area contributed by atoms with Crippen molar-refractivity contribution >= 4 is 23.2 Å². The monoisotopic (exact) mass is 601 g/mol. The van der Waals surface area contributed by atoms with Gasteiger partial charge in [0.25, 0.3) is 11.5 Å². The third kappa shape index (κ3) is 6.34. The third-order valence-corrected chi connectivity index (χ3v) is 8.52. The normalized spacial score (nSPS) is 16.6. The number of hydrogen-bond donors (Lipinski definition) is 3. The van der Waals surface area contributed by atoms with Crippen LogP contribution >= 0.6 is 11.6 Å². The van der Waals surface area contributed by atoms with Gasteiger partial charge in [-0.3, -0.25) is 9.59 Å². The Morgan fingerprint density at radius 3 is 2.56 bits per heavy atom. The molecule has 43 heavy (non-hydrogen) atoms. The number of aliphatic hydroxyl groups is 1. The Morgan fingerprint density at radius 1 is 1.07 bits per heavy atom. The van der Waals surface area contributed by atoms with Gasteiger partial charge in [0.2, 0.25) is 5.88 Å². The predicted molar refractivity (Wildman–Crippen MR) is 169 cm³/mol. The maximum absolute atomic E-state index is 13.1. The van der Waals surface area contributed by atoms with Crippen LogP contribution in [0, 0.1) is 13.8 Å². The largest absolute Gasteiger partial charge is 0.481 e. The van der Waals surface area contributed by atoms with Crippen molar-refractivity contribution in [2.24, 2.45) is 7.05 Å². The van der Waals surface area contributed by atoms with Crippen LogP contribution in [0.5, 0.6) is 5.88 Å². The SMILES string of the molecule is COc1nc(-c2cccc(-c3cccc(NC(=O)c4c(C)cnn(C)c4=O)c3C)c2Cl)ccc1CN[C@@H]1CCCC[C@@H]1O. The van der Waals surface area contributed by atoms with E-state index in [0.29, 0.717) is 34.4 Å². The Morgan fingerprint density at radius 2 is 1.79 bits per heavy atom. The topological polar surface area (TPSA) is 118 Å². The summed E-state index contributed by atoms with van der Waals surface area (Å²) in [6, 6.07) is 15.3. The van der Waals surface area contributed by atoms with Crippen LogP contribution in [0.4, 0.5) is 5.69 Å². The molecule has 4 aromatic rings. The standard InChI is InChI=1S/C33H36ClN5O4/c1-19-17-36-39(3)33(42)29(19)31(41)37-25-13-8-9-22(20(25)2)23-10-7-11-24(30(23)34)26-16-15-21(32(38-26)43-4)18-35-27-12-5-6-14-28(27)40/h7-11,13,15-17,27-28,35,40H,5-6,12,14,18H2,1-4H3,(H,37,41)/t27-,28+/m1/s1. The van der Waals surface area contributed by atoms with E-state index in [0.717, 1.165) is 58.2 Å². The lowest BCUT2D eigenvalue weighted by atomic mass is 9.92. The van der Waals surface area contributed by atoms with Crippen molar-refractivity contribution in [3.05, 3.63) is 92.4 Å². The van der Waals surface area contributed by atoms with Crippen molar-refractivity contribution < 1.29 is 14.6 Å². The van der Waals surface area contributed by atoms with E-state index in [9.17, 15) is 14.7 Å². The minimum atomic E-state index is -0.496. The summed E-state index contributed by atoms with van der Waals surface area (Å²) in [5.74, 6) is -0.000301. The van der Waals surface area contributed by atoms with Gasteiger partial charge in [-0.25, -0.2) is 9.67 Å². The van der Waals surface area contributed by atoms with Crippen molar-refractivity contribution in [2.75, 3.05) is 12.4 Å². The number of nitrogens with zero attached hydrogens (tertiary/aromatic N) is 3. The number of rotatable bonds is 8. The summed E-state index contributed by atoms with van der Waals surface area (Å²) in [4.78, 5) is 30.5. The van der Waals surface area contributed by atoms with Gasteiger partial charge in [0.15, 0.2) is 0 Å². The van der Waals surface area contributed by atoms with Gasteiger partial charge in [-0.1, -0.05) is 60.8 Å². The zero-order valence-corrected chi connectivity index (χ0v) is 25.5. The number of anilines is 1. The molecule has 2 heterocycles. The molecule has 9 nitrogen and oxygen atoms in total. The molecule has 1 amide bonds. The van der Waals surface area contributed by atoms with E-state index in [2.05, 4.69) is 15.7 Å². The van der Waals surface area contributed by atoms with E-state index < -0.39 is 11.5 Å². The van der Waals surface area contributed by atoms with Gasteiger partial charge in [0, 0.05) is 42.0 Å². The summed E-state index contributed by atoms with van der Waals surface area (Å²) in [5.41, 5.74) is 5.38. The number of aryl methyl sites for hydroxylation is 2. The highest BCUT2D eigenvalue weighted by Gasteiger charge is 2.23. The minimum absolute atomic E-state index is 0.0518. The fraction of sp³-hybridized carbons (Fsp3) is 0.333. The van der Waals surface area contributed by atoms with Gasteiger partial charge in [0.05, 0.1) is 30.1 Å². The fourth-order valence-corrected chi connectivity index (χ4v) is 5.93. The van der Waals surface area contributed by atoms with Crippen molar-refractivity contribution in [1.82, 2.24) is 20.1 Å². The Hall–Kier alpha value is -4.05. The Bertz CT molecular complexity index is 1720. The number of carbonyl (C=O) groups excluding carboxylic acids is 1.